The van der Waals surface area contributed by atoms with Gasteiger partial charge < -0.3 is 15.2 Å². The van der Waals surface area contributed by atoms with Gasteiger partial charge in [-0.2, -0.15) is 5.26 Å². The molecule has 0 amide bonds. The second kappa shape index (κ2) is 7.23. The van der Waals surface area contributed by atoms with Crippen molar-refractivity contribution in [1.29, 1.82) is 5.26 Å². The van der Waals surface area contributed by atoms with Crippen LogP contribution in [-0.4, -0.2) is 31.0 Å². The number of rotatable bonds is 6. The van der Waals surface area contributed by atoms with E-state index in [1.54, 1.807) is 0 Å². The third kappa shape index (κ3) is 3.64. The van der Waals surface area contributed by atoms with Crippen LogP contribution < -0.4 is 5.32 Å². The maximum absolute atomic E-state index is 10.5. The van der Waals surface area contributed by atoms with Crippen LogP contribution in [0.2, 0.25) is 0 Å². The topological polar surface area (TPSA) is 65.3 Å². The van der Waals surface area contributed by atoms with Crippen LogP contribution >= 0.6 is 0 Å². The number of nitriles is 1. The van der Waals surface area contributed by atoms with Gasteiger partial charge in [0.05, 0.1) is 17.6 Å². The molecule has 0 aromatic heterocycles. The van der Waals surface area contributed by atoms with Crippen LogP contribution in [0.25, 0.3) is 0 Å². The summed E-state index contributed by atoms with van der Waals surface area (Å²) >= 11 is 0. The highest BCUT2D eigenvalue weighted by atomic mass is 16.5. The summed E-state index contributed by atoms with van der Waals surface area (Å²) in [6.07, 6.45) is 4.93. The first-order valence-corrected chi connectivity index (χ1v) is 9.07. The Bertz CT molecular complexity index is 581. The minimum atomic E-state index is -0.495. The van der Waals surface area contributed by atoms with Crippen LogP contribution in [0.5, 0.6) is 0 Å². The van der Waals surface area contributed by atoms with E-state index in [4.69, 9.17) is 4.74 Å². The Kier molecular flexibility index (Phi) is 5.24. The molecule has 1 unspecified atom stereocenters. The first-order valence-electron chi connectivity index (χ1n) is 9.07. The van der Waals surface area contributed by atoms with Crippen molar-refractivity contribution in [1.82, 2.24) is 5.32 Å². The number of benzene rings is 1. The van der Waals surface area contributed by atoms with E-state index >= 15 is 0 Å². The van der Waals surface area contributed by atoms with Crippen molar-refractivity contribution in [3.05, 3.63) is 35.4 Å². The first-order chi connectivity index (χ1) is 11.6. The number of aliphatic hydroxyl groups is 1. The first kappa shape index (κ1) is 17.4. The van der Waals surface area contributed by atoms with Crippen molar-refractivity contribution in [2.75, 3.05) is 19.8 Å². The van der Waals surface area contributed by atoms with Crippen molar-refractivity contribution in [3.63, 3.8) is 0 Å². The zero-order valence-electron chi connectivity index (χ0n) is 14.6. The number of ether oxygens (including phenoxy) is 1. The van der Waals surface area contributed by atoms with Gasteiger partial charge in [0.1, 0.15) is 0 Å². The largest absolute Gasteiger partial charge is 0.392 e. The van der Waals surface area contributed by atoms with E-state index in [9.17, 15) is 10.4 Å². The molecular formula is C20H28N2O2. The highest BCUT2D eigenvalue weighted by Crippen LogP contribution is 2.41. The normalized spacial score (nSPS) is 23.0. The molecule has 4 heteroatoms. The SMILES string of the molecule is Cc1ccc(C2(NCC(O)CC3(C#N)CCOCC3)CCC2)cc1. The molecule has 3 rings (SSSR count). The van der Waals surface area contributed by atoms with Crippen molar-refractivity contribution in [2.45, 2.75) is 57.1 Å². The number of aliphatic hydroxyl groups excluding tert-OH is 1. The standard InChI is InChI=1S/C20H28N2O2/c1-16-3-5-17(6-4-16)20(7-2-8-20)22-14-18(23)13-19(15-21)9-11-24-12-10-19/h3-6,18,22-23H,2,7-14H2,1H3. The Balaban J connectivity index is 1.59. The molecule has 130 valence electrons. The summed E-state index contributed by atoms with van der Waals surface area (Å²) in [5.41, 5.74) is 2.16. The highest BCUT2D eigenvalue weighted by Gasteiger charge is 2.40. The highest BCUT2D eigenvalue weighted by molar-refractivity contribution is 5.30. The van der Waals surface area contributed by atoms with Crippen LogP contribution in [0.15, 0.2) is 24.3 Å². The van der Waals surface area contributed by atoms with Crippen LogP contribution in [-0.2, 0) is 10.3 Å². The molecule has 0 bridgehead atoms. The molecule has 1 atom stereocenters. The molecule has 0 spiro atoms. The molecule has 1 aromatic rings. The molecule has 0 radical (unpaired) electrons. The third-order valence-corrected chi connectivity index (χ3v) is 5.80. The van der Waals surface area contributed by atoms with Gasteiger partial charge in [-0.05, 0) is 51.0 Å². The Labute approximate surface area is 144 Å². The Hall–Kier alpha value is -1.41. The minimum absolute atomic E-state index is 0.00413. The summed E-state index contributed by atoms with van der Waals surface area (Å²) in [6.45, 7) is 3.89. The Morgan fingerprint density at radius 1 is 1.21 bits per heavy atom. The van der Waals surface area contributed by atoms with Crippen molar-refractivity contribution < 1.29 is 9.84 Å². The number of hydrogen-bond donors (Lipinski definition) is 2. The second-order valence-electron chi connectivity index (χ2n) is 7.55. The molecular weight excluding hydrogens is 300 g/mol. The Morgan fingerprint density at radius 3 is 2.42 bits per heavy atom. The molecule has 1 aliphatic carbocycles. The maximum Gasteiger partial charge on any atom is 0.0692 e. The lowest BCUT2D eigenvalue weighted by Gasteiger charge is -2.44. The van der Waals surface area contributed by atoms with Gasteiger partial charge in [-0.1, -0.05) is 29.8 Å². The van der Waals surface area contributed by atoms with E-state index in [1.807, 2.05) is 0 Å². The van der Waals surface area contributed by atoms with Crippen LogP contribution in [0, 0.1) is 23.7 Å². The summed E-state index contributed by atoms with van der Waals surface area (Å²) in [4.78, 5) is 0. The van der Waals surface area contributed by atoms with Gasteiger partial charge in [-0.25, -0.2) is 0 Å². The lowest BCUT2D eigenvalue weighted by atomic mass is 9.71. The van der Waals surface area contributed by atoms with Crippen molar-refractivity contribution in [2.24, 2.45) is 5.41 Å². The van der Waals surface area contributed by atoms with Gasteiger partial charge in [-0.3, -0.25) is 0 Å². The molecule has 24 heavy (non-hydrogen) atoms. The zero-order valence-corrected chi connectivity index (χ0v) is 14.6. The molecule has 1 heterocycles. The third-order valence-electron chi connectivity index (χ3n) is 5.80. The van der Waals surface area contributed by atoms with Gasteiger partial charge >= 0.3 is 0 Å². The van der Waals surface area contributed by atoms with E-state index in [2.05, 4.69) is 42.6 Å². The fourth-order valence-corrected chi connectivity index (χ4v) is 3.93. The summed E-state index contributed by atoms with van der Waals surface area (Å²) in [7, 11) is 0. The quantitative estimate of drug-likeness (QED) is 0.842. The van der Waals surface area contributed by atoms with Crippen LogP contribution in [0.3, 0.4) is 0 Å². The molecule has 1 aromatic carbocycles. The lowest BCUT2D eigenvalue weighted by Crippen LogP contribution is -2.51. The number of nitrogens with zero attached hydrogens (tertiary/aromatic N) is 1. The molecule has 2 fully saturated rings. The molecule has 2 N–H and O–H groups in total. The number of nitrogens with one attached hydrogen (secondary N) is 1. The molecule has 1 saturated heterocycles. The van der Waals surface area contributed by atoms with E-state index in [0.29, 0.717) is 26.2 Å². The summed E-state index contributed by atoms with van der Waals surface area (Å²) in [5.74, 6) is 0. The second-order valence-corrected chi connectivity index (χ2v) is 7.55. The fraction of sp³-hybridized carbons (Fsp3) is 0.650. The molecule has 1 saturated carbocycles. The summed E-state index contributed by atoms with van der Waals surface area (Å²) in [5, 5.41) is 23.7. The van der Waals surface area contributed by atoms with Crippen LogP contribution in [0.4, 0.5) is 0 Å². The van der Waals surface area contributed by atoms with Crippen molar-refractivity contribution >= 4 is 0 Å². The van der Waals surface area contributed by atoms with E-state index in [0.717, 1.165) is 25.7 Å². The Morgan fingerprint density at radius 2 is 1.88 bits per heavy atom. The zero-order chi connectivity index (χ0) is 17.0. The molecule has 2 aliphatic rings. The van der Waals surface area contributed by atoms with Crippen LogP contribution in [0.1, 0.15) is 49.7 Å². The predicted octanol–water partition coefficient (Wildman–Crippen LogP) is 3.04. The monoisotopic (exact) mass is 328 g/mol. The lowest BCUT2D eigenvalue weighted by molar-refractivity contribution is 0.0110. The van der Waals surface area contributed by atoms with E-state index in [1.165, 1.54) is 17.5 Å². The molecule has 1 aliphatic heterocycles. The maximum atomic E-state index is 10.5. The fourth-order valence-electron chi connectivity index (χ4n) is 3.93. The van der Waals surface area contributed by atoms with Gasteiger partial charge in [-0.15, -0.1) is 0 Å². The van der Waals surface area contributed by atoms with Gasteiger partial charge in [0, 0.05) is 25.3 Å². The number of hydrogen-bond acceptors (Lipinski definition) is 4. The van der Waals surface area contributed by atoms with Crippen molar-refractivity contribution in [3.8, 4) is 6.07 Å². The van der Waals surface area contributed by atoms with Gasteiger partial charge in [0.2, 0.25) is 0 Å². The smallest absolute Gasteiger partial charge is 0.0692 e. The summed E-state index contributed by atoms with van der Waals surface area (Å²) in [6, 6.07) is 11.1. The van der Waals surface area contributed by atoms with E-state index < -0.39 is 11.5 Å². The van der Waals surface area contributed by atoms with Gasteiger partial charge in [0.15, 0.2) is 0 Å². The minimum Gasteiger partial charge on any atom is -0.392 e. The van der Waals surface area contributed by atoms with Gasteiger partial charge in [0.25, 0.3) is 0 Å². The van der Waals surface area contributed by atoms with E-state index in [-0.39, 0.29) is 5.54 Å². The molecule has 4 nitrogen and oxygen atoms in total. The average Bonchev–Trinajstić information content (AvgIpc) is 2.56. The summed E-state index contributed by atoms with van der Waals surface area (Å²) < 4.78 is 5.37. The predicted molar refractivity (Wildman–Crippen MR) is 93.4 cm³/mol. The number of aryl methyl sites for hydroxylation is 1. The average molecular weight is 328 g/mol.